The second-order valence-electron chi connectivity index (χ2n) is 14.0. The Morgan fingerprint density at radius 2 is 0.954 bits per heavy atom. The Balaban J connectivity index is 1.04. The van der Waals surface area contributed by atoms with E-state index in [4.69, 9.17) is 50.4 Å². The maximum atomic E-state index is 12.6. The molecule has 0 unspecified atom stereocenters. The van der Waals surface area contributed by atoms with Gasteiger partial charge in [0.15, 0.2) is 0 Å². The number of carbonyl (C=O) groups excluding carboxylic acids is 4. The van der Waals surface area contributed by atoms with Gasteiger partial charge in [-0.05, 0) is 127 Å². The minimum atomic E-state index is -0.591. The van der Waals surface area contributed by atoms with Crippen molar-refractivity contribution < 1.29 is 47.6 Å². The molecule has 0 radical (unpaired) electrons. The van der Waals surface area contributed by atoms with Crippen LogP contribution in [-0.2, 0) is 19.1 Å². The predicted octanol–water partition coefficient (Wildman–Crippen LogP) is 7.97. The predicted molar refractivity (Wildman–Crippen MR) is 244 cm³/mol. The van der Waals surface area contributed by atoms with Crippen LogP contribution in [0.4, 0.5) is 17.1 Å². The lowest BCUT2D eigenvalue weighted by Crippen LogP contribution is -2.32. The summed E-state index contributed by atoms with van der Waals surface area (Å²) < 4.78 is 32.9. The Morgan fingerprint density at radius 3 is 1.35 bits per heavy atom. The van der Waals surface area contributed by atoms with Crippen LogP contribution in [0.25, 0.3) is 12.2 Å². The van der Waals surface area contributed by atoms with Gasteiger partial charge in [0.25, 0.3) is 0 Å². The molecule has 15 heteroatoms. The van der Waals surface area contributed by atoms with E-state index in [0.29, 0.717) is 101 Å². The lowest BCUT2D eigenvalue weighted by atomic mass is 10.2. The van der Waals surface area contributed by atoms with Crippen molar-refractivity contribution in [2.45, 2.75) is 25.7 Å². The van der Waals surface area contributed by atoms with E-state index in [9.17, 15) is 19.2 Å². The molecule has 4 N–H and O–H groups in total. The molecule has 0 aliphatic rings. The van der Waals surface area contributed by atoms with Crippen LogP contribution in [0.1, 0.15) is 57.5 Å². The molecular formula is C50H47N5O10. The summed E-state index contributed by atoms with van der Waals surface area (Å²) in [6, 6.07) is 35.3. The zero-order valence-corrected chi connectivity index (χ0v) is 35.4. The summed E-state index contributed by atoms with van der Waals surface area (Å²) in [5, 5.41) is 17.3. The zero-order valence-electron chi connectivity index (χ0n) is 35.4. The van der Waals surface area contributed by atoms with Gasteiger partial charge in [0.2, 0.25) is 0 Å². The third-order valence-corrected chi connectivity index (χ3v) is 9.19. The quantitative estimate of drug-likeness (QED) is 0.0208. The van der Waals surface area contributed by atoms with Crippen LogP contribution in [0, 0.1) is 22.7 Å². The fourth-order valence-corrected chi connectivity index (χ4v) is 5.83. The highest BCUT2D eigenvalue weighted by Gasteiger charge is 2.14. The fraction of sp³-hybridized carbons (Fsp3) is 0.200. The Bertz CT molecular complexity index is 2360. The molecule has 0 bridgehead atoms. The van der Waals surface area contributed by atoms with Gasteiger partial charge in [0, 0.05) is 30.7 Å². The molecule has 15 nitrogen and oxygen atoms in total. The van der Waals surface area contributed by atoms with Crippen LogP contribution in [0.15, 0.2) is 127 Å². The molecule has 0 saturated heterocycles. The van der Waals surface area contributed by atoms with E-state index in [0.717, 1.165) is 0 Å². The number of nitriles is 2. The van der Waals surface area contributed by atoms with E-state index >= 15 is 0 Å². The Morgan fingerprint density at radius 1 is 0.538 bits per heavy atom. The molecule has 5 aromatic rings. The van der Waals surface area contributed by atoms with Crippen LogP contribution in [0.3, 0.4) is 0 Å². The Labute approximate surface area is 376 Å². The highest BCUT2D eigenvalue weighted by molar-refractivity contribution is 5.92. The number of ether oxygens (including phenoxy) is 6. The van der Waals surface area contributed by atoms with Gasteiger partial charge in [-0.2, -0.15) is 10.5 Å². The van der Waals surface area contributed by atoms with Crippen molar-refractivity contribution in [3.63, 3.8) is 0 Å². The minimum Gasteiger partial charge on any atom is -0.494 e. The average molecular weight is 878 g/mol. The van der Waals surface area contributed by atoms with Gasteiger partial charge in [-0.1, -0.05) is 24.3 Å². The normalized spacial score (nSPS) is 10.7. The Hall–Kier alpha value is -8.56. The number of nitrogens with two attached hydrogens (primary N) is 2. The number of nitrogen functional groups attached to an aromatic ring is 2. The van der Waals surface area contributed by atoms with Crippen molar-refractivity contribution >= 4 is 53.1 Å². The smallest absolute Gasteiger partial charge is 0.343 e. The molecule has 0 amide bonds. The number of unbranched alkanes of at least 4 members (excludes halogenated alkanes) is 2. The molecule has 5 rings (SSSR count). The number of carbonyl (C=O) groups is 4. The summed E-state index contributed by atoms with van der Waals surface area (Å²) in [5.41, 5.74) is 15.7. The van der Waals surface area contributed by atoms with Crippen molar-refractivity contribution in [2.75, 3.05) is 55.9 Å². The highest BCUT2D eigenvalue weighted by atomic mass is 16.5. The topological polar surface area (TPSA) is 227 Å². The summed E-state index contributed by atoms with van der Waals surface area (Å²) in [6.07, 6.45) is 7.73. The van der Waals surface area contributed by atoms with Crippen molar-refractivity contribution in [3.05, 3.63) is 150 Å². The number of esters is 4. The molecule has 0 aliphatic carbocycles. The molecule has 0 fully saturated rings. The first-order valence-corrected chi connectivity index (χ1v) is 20.5. The maximum absolute atomic E-state index is 12.6. The number of benzene rings is 5. The molecule has 0 aliphatic heterocycles. The molecule has 0 saturated carbocycles. The van der Waals surface area contributed by atoms with Crippen molar-refractivity contribution in [1.82, 2.24) is 0 Å². The van der Waals surface area contributed by atoms with Gasteiger partial charge < -0.3 is 44.8 Å². The highest BCUT2D eigenvalue weighted by Crippen LogP contribution is 2.26. The Kier molecular flexibility index (Phi) is 18.6. The number of hydrogen-bond acceptors (Lipinski definition) is 15. The first kappa shape index (κ1) is 47.5. The first-order chi connectivity index (χ1) is 31.6. The van der Waals surface area contributed by atoms with Gasteiger partial charge in [-0.3, -0.25) is 0 Å². The second kappa shape index (κ2) is 25.4. The third-order valence-electron chi connectivity index (χ3n) is 9.19. The van der Waals surface area contributed by atoms with Crippen molar-refractivity contribution in [2.24, 2.45) is 0 Å². The molecule has 5 aromatic carbocycles. The molecule has 332 valence electrons. The third kappa shape index (κ3) is 16.3. The minimum absolute atomic E-state index is 0.0123. The maximum Gasteiger partial charge on any atom is 0.343 e. The number of anilines is 3. The summed E-state index contributed by atoms with van der Waals surface area (Å²) in [5.74, 6) is -0.461. The van der Waals surface area contributed by atoms with E-state index in [1.807, 2.05) is 4.90 Å². The van der Waals surface area contributed by atoms with E-state index in [2.05, 4.69) is 12.1 Å². The van der Waals surface area contributed by atoms with Crippen molar-refractivity contribution in [1.29, 1.82) is 10.5 Å². The van der Waals surface area contributed by atoms with Crippen LogP contribution >= 0.6 is 0 Å². The summed E-state index contributed by atoms with van der Waals surface area (Å²) in [7, 11) is 0. The standard InChI is InChI=1S/C50H47N5O10/c51-27-1-3-31-60-41-20-11-38(12-21-41)49(58)64-43-16-5-36(6-17-43)9-25-47(56)62-33-29-55(46-24-15-40(53)35-45(46)54)30-34-63-48(57)26-10-37-7-18-44(19-8-37)65-50(59)39-13-22-42(23-14-39)61-32-4-2-28-52/h5-26,35H,1-4,29-34,53-54H2. The molecule has 65 heavy (non-hydrogen) atoms. The first-order valence-electron chi connectivity index (χ1n) is 20.5. The van der Waals surface area contributed by atoms with Crippen molar-refractivity contribution in [3.8, 4) is 35.1 Å². The molecule has 0 heterocycles. The fourth-order valence-electron chi connectivity index (χ4n) is 5.83. The van der Waals surface area contributed by atoms with E-state index in [1.54, 1.807) is 127 Å². The molecular weight excluding hydrogens is 831 g/mol. The lowest BCUT2D eigenvalue weighted by molar-refractivity contribution is -0.137. The summed E-state index contributed by atoms with van der Waals surface area (Å²) in [6.45, 7) is 1.23. The van der Waals surface area contributed by atoms with Crippen LogP contribution in [0.5, 0.6) is 23.0 Å². The SMILES string of the molecule is N#CCCCOc1ccc(C(=O)Oc2ccc(C=CC(=O)OCCN(CCOC(=O)C=Cc3ccc(OC(=O)c4ccc(OCCCC#N)cc4)cc3)c3ccc(N)cc3N)cc2)cc1. The molecule has 0 aromatic heterocycles. The average Bonchev–Trinajstić information content (AvgIpc) is 3.31. The monoisotopic (exact) mass is 877 g/mol. The number of rotatable bonds is 23. The number of nitrogens with zero attached hydrogens (tertiary/aromatic N) is 3. The van der Waals surface area contributed by atoms with E-state index in [1.165, 1.54) is 12.2 Å². The van der Waals surface area contributed by atoms with Crippen LogP contribution in [-0.4, -0.2) is 63.4 Å². The zero-order chi connectivity index (χ0) is 46.2. The van der Waals surface area contributed by atoms with Gasteiger partial charge in [0.1, 0.15) is 36.2 Å². The van der Waals surface area contributed by atoms with E-state index in [-0.39, 0.29) is 26.3 Å². The van der Waals surface area contributed by atoms with Gasteiger partial charge >= 0.3 is 23.9 Å². The summed E-state index contributed by atoms with van der Waals surface area (Å²) in [4.78, 5) is 52.3. The largest absolute Gasteiger partial charge is 0.494 e. The van der Waals surface area contributed by atoms with Crippen LogP contribution < -0.4 is 35.3 Å². The summed E-state index contributed by atoms with van der Waals surface area (Å²) >= 11 is 0. The van der Waals surface area contributed by atoms with Gasteiger partial charge in [-0.25, -0.2) is 19.2 Å². The lowest BCUT2D eigenvalue weighted by Gasteiger charge is -2.26. The van der Waals surface area contributed by atoms with Gasteiger partial charge in [0.05, 0.1) is 60.9 Å². The molecule has 0 spiro atoms. The molecule has 0 atom stereocenters. The second-order valence-corrected chi connectivity index (χ2v) is 14.0. The van der Waals surface area contributed by atoms with Crippen LogP contribution in [0.2, 0.25) is 0 Å². The van der Waals surface area contributed by atoms with Gasteiger partial charge in [-0.15, -0.1) is 0 Å². The van der Waals surface area contributed by atoms with E-state index < -0.39 is 23.9 Å². The number of hydrogen-bond donors (Lipinski definition) is 2.